The van der Waals surface area contributed by atoms with Crippen molar-refractivity contribution in [1.29, 1.82) is 0 Å². The monoisotopic (exact) mass is 313 g/mol. The number of para-hydroxylation sites is 1. The number of amides is 1. The van der Waals surface area contributed by atoms with Gasteiger partial charge in [-0.05, 0) is 49.7 Å². The van der Waals surface area contributed by atoms with Gasteiger partial charge in [0, 0.05) is 17.5 Å². The number of rotatable bonds is 3. The molecule has 2 bridgehead atoms. The van der Waals surface area contributed by atoms with Crippen LogP contribution in [0.25, 0.3) is 11.0 Å². The van der Waals surface area contributed by atoms with Gasteiger partial charge in [-0.1, -0.05) is 23.7 Å². The number of benzene rings is 1. The van der Waals surface area contributed by atoms with Crippen LogP contribution < -0.4 is 11.1 Å². The molecule has 0 saturated heterocycles. The Hall–Kier alpha value is -1.88. The van der Waals surface area contributed by atoms with Crippen molar-refractivity contribution in [3.8, 4) is 0 Å². The van der Waals surface area contributed by atoms with Gasteiger partial charge in [-0.25, -0.2) is 0 Å². The molecule has 122 valence electrons. The second-order valence-corrected chi connectivity index (χ2v) is 7.08. The van der Waals surface area contributed by atoms with Gasteiger partial charge in [0.05, 0.1) is 6.42 Å². The van der Waals surface area contributed by atoms with Crippen LogP contribution in [0.3, 0.4) is 0 Å². The van der Waals surface area contributed by atoms with Crippen LogP contribution in [0.1, 0.15) is 37.8 Å². The minimum Gasteiger partial charge on any atom is -0.356 e. The molecule has 0 radical (unpaired) electrons. The SMILES string of the molecule is NC1CC2CCCC(C1)C2NC(=O)Cc1noc2ccccc12. The van der Waals surface area contributed by atoms with Gasteiger partial charge >= 0.3 is 0 Å². The highest BCUT2D eigenvalue weighted by atomic mass is 16.5. The summed E-state index contributed by atoms with van der Waals surface area (Å²) in [4.78, 5) is 12.5. The zero-order valence-corrected chi connectivity index (χ0v) is 13.2. The number of nitrogens with two attached hydrogens (primary N) is 1. The first-order chi connectivity index (χ1) is 11.2. The van der Waals surface area contributed by atoms with E-state index < -0.39 is 0 Å². The first-order valence-corrected chi connectivity index (χ1v) is 8.59. The van der Waals surface area contributed by atoms with Crippen molar-refractivity contribution in [2.75, 3.05) is 0 Å². The van der Waals surface area contributed by atoms with E-state index in [2.05, 4.69) is 10.5 Å². The molecule has 2 aliphatic rings. The maximum Gasteiger partial charge on any atom is 0.226 e. The lowest BCUT2D eigenvalue weighted by atomic mass is 9.67. The van der Waals surface area contributed by atoms with E-state index in [1.54, 1.807) is 0 Å². The van der Waals surface area contributed by atoms with E-state index in [0.717, 1.165) is 29.5 Å². The Morgan fingerprint density at radius 1 is 1.26 bits per heavy atom. The van der Waals surface area contributed by atoms with Crippen molar-refractivity contribution in [3.63, 3.8) is 0 Å². The van der Waals surface area contributed by atoms with Crippen LogP contribution in [0, 0.1) is 11.8 Å². The third kappa shape index (κ3) is 2.85. The summed E-state index contributed by atoms with van der Waals surface area (Å²) in [6.07, 6.45) is 5.98. The maximum absolute atomic E-state index is 12.5. The number of carbonyl (C=O) groups is 1. The van der Waals surface area contributed by atoms with Crippen LogP contribution in [-0.2, 0) is 11.2 Å². The van der Waals surface area contributed by atoms with E-state index in [0.29, 0.717) is 17.9 Å². The van der Waals surface area contributed by atoms with Crippen LogP contribution >= 0.6 is 0 Å². The first-order valence-electron chi connectivity index (χ1n) is 8.59. The average molecular weight is 313 g/mol. The third-order valence-electron chi connectivity index (χ3n) is 5.48. The molecule has 1 heterocycles. The number of nitrogens with one attached hydrogen (secondary N) is 1. The van der Waals surface area contributed by atoms with Crippen molar-refractivity contribution in [3.05, 3.63) is 30.0 Å². The van der Waals surface area contributed by atoms with E-state index in [1.165, 1.54) is 19.3 Å². The minimum atomic E-state index is 0.0430. The largest absolute Gasteiger partial charge is 0.356 e. The van der Waals surface area contributed by atoms with Crippen LogP contribution in [0.4, 0.5) is 0 Å². The van der Waals surface area contributed by atoms with E-state index in [4.69, 9.17) is 10.3 Å². The Morgan fingerprint density at radius 3 is 2.78 bits per heavy atom. The van der Waals surface area contributed by atoms with Crippen molar-refractivity contribution < 1.29 is 9.32 Å². The van der Waals surface area contributed by atoms with Crippen LogP contribution in [0.15, 0.2) is 28.8 Å². The van der Waals surface area contributed by atoms with Gasteiger partial charge in [-0.2, -0.15) is 0 Å². The molecule has 1 aromatic heterocycles. The van der Waals surface area contributed by atoms with Gasteiger partial charge < -0.3 is 15.6 Å². The highest BCUT2D eigenvalue weighted by molar-refractivity contribution is 5.86. The van der Waals surface area contributed by atoms with Crippen LogP contribution in [-0.4, -0.2) is 23.1 Å². The number of aromatic nitrogens is 1. The molecule has 0 aliphatic heterocycles. The maximum atomic E-state index is 12.5. The molecule has 2 unspecified atom stereocenters. The van der Waals surface area contributed by atoms with Gasteiger partial charge in [0.25, 0.3) is 0 Å². The zero-order chi connectivity index (χ0) is 15.8. The molecule has 2 atom stereocenters. The van der Waals surface area contributed by atoms with Gasteiger partial charge in [0.2, 0.25) is 5.91 Å². The summed E-state index contributed by atoms with van der Waals surface area (Å²) < 4.78 is 5.28. The van der Waals surface area contributed by atoms with Crippen LogP contribution in [0.2, 0.25) is 0 Å². The van der Waals surface area contributed by atoms with Gasteiger partial charge in [-0.3, -0.25) is 4.79 Å². The van der Waals surface area contributed by atoms with E-state index in [-0.39, 0.29) is 18.4 Å². The number of hydrogen-bond acceptors (Lipinski definition) is 4. The van der Waals surface area contributed by atoms with Crippen molar-refractivity contribution in [2.45, 2.75) is 50.6 Å². The van der Waals surface area contributed by atoms with E-state index in [9.17, 15) is 4.79 Å². The summed E-state index contributed by atoms with van der Waals surface area (Å²) in [6, 6.07) is 8.25. The first kappa shape index (κ1) is 14.7. The predicted molar refractivity (Wildman–Crippen MR) is 87.7 cm³/mol. The summed E-state index contributed by atoms with van der Waals surface area (Å²) in [5.74, 6) is 1.12. The van der Waals surface area contributed by atoms with Crippen molar-refractivity contribution in [2.24, 2.45) is 17.6 Å². The summed E-state index contributed by atoms with van der Waals surface area (Å²) in [6.45, 7) is 0. The van der Waals surface area contributed by atoms with Crippen LogP contribution in [0.5, 0.6) is 0 Å². The molecule has 0 spiro atoms. The fourth-order valence-electron chi connectivity index (χ4n) is 4.48. The third-order valence-corrected chi connectivity index (χ3v) is 5.48. The molecule has 5 heteroatoms. The Morgan fingerprint density at radius 2 is 2.00 bits per heavy atom. The summed E-state index contributed by atoms with van der Waals surface area (Å²) in [5, 5.41) is 8.25. The Balaban J connectivity index is 1.46. The number of carbonyl (C=O) groups excluding carboxylic acids is 1. The van der Waals surface area contributed by atoms with Crippen molar-refractivity contribution >= 4 is 16.9 Å². The summed E-state index contributed by atoms with van der Waals surface area (Å²) in [5.41, 5.74) is 7.61. The lowest BCUT2D eigenvalue weighted by Crippen LogP contribution is -2.54. The molecule has 5 nitrogen and oxygen atoms in total. The quantitative estimate of drug-likeness (QED) is 0.911. The number of nitrogens with zero attached hydrogens (tertiary/aromatic N) is 1. The molecule has 4 rings (SSSR count). The topological polar surface area (TPSA) is 81.1 Å². The Bertz CT molecular complexity index is 697. The lowest BCUT2D eigenvalue weighted by Gasteiger charge is -2.45. The molecule has 2 saturated carbocycles. The fourth-order valence-corrected chi connectivity index (χ4v) is 4.48. The normalized spacial score (nSPS) is 30.3. The molecule has 3 N–H and O–H groups in total. The fraction of sp³-hybridized carbons (Fsp3) is 0.556. The molecule has 2 fully saturated rings. The molecular weight excluding hydrogens is 290 g/mol. The Labute approximate surface area is 135 Å². The number of fused-ring (bicyclic) bond motifs is 3. The lowest BCUT2D eigenvalue weighted by molar-refractivity contribution is -0.122. The summed E-state index contributed by atoms with van der Waals surface area (Å²) in [7, 11) is 0. The molecule has 1 amide bonds. The Kier molecular flexibility index (Phi) is 3.81. The highest BCUT2D eigenvalue weighted by Crippen LogP contribution is 2.39. The smallest absolute Gasteiger partial charge is 0.226 e. The highest BCUT2D eigenvalue weighted by Gasteiger charge is 2.39. The molecular formula is C18H23N3O2. The molecule has 2 aliphatic carbocycles. The minimum absolute atomic E-state index is 0.0430. The van der Waals surface area contributed by atoms with Gasteiger partial charge in [0.15, 0.2) is 5.58 Å². The summed E-state index contributed by atoms with van der Waals surface area (Å²) >= 11 is 0. The predicted octanol–water partition coefficient (Wildman–Crippen LogP) is 2.39. The van der Waals surface area contributed by atoms with Gasteiger partial charge in [0.1, 0.15) is 5.69 Å². The average Bonchev–Trinajstić information content (AvgIpc) is 2.91. The molecule has 23 heavy (non-hydrogen) atoms. The molecule has 1 aromatic carbocycles. The number of hydrogen-bond donors (Lipinski definition) is 2. The standard InChI is InChI=1S/C18H23N3O2/c19-13-8-11-4-3-5-12(9-13)18(11)20-17(22)10-15-14-6-1-2-7-16(14)23-21-15/h1-2,6-7,11-13,18H,3-5,8-10,19H2,(H,20,22). The van der Waals surface area contributed by atoms with Gasteiger partial charge in [-0.15, -0.1) is 0 Å². The van der Waals surface area contributed by atoms with Crippen molar-refractivity contribution in [1.82, 2.24) is 10.5 Å². The second kappa shape index (κ2) is 5.96. The van der Waals surface area contributed by atoms with E-state index in [1.807, 2.05) is 24.3 Å². The van der Waals surface area contributed by atoms with E-state index >= 15 is 0 Å². The zero-order valence-electron chi connectivity index (χ0n) is 13.2. The second-order valence-electron chi connectivity index (χ2n) is 7.08. The molecule has 2 aromatic rings.